The summed E-state index contributed by atoms with van der Waals surface area (Å²) in [5.74, 6) is 0.938. The van der Waals surface area contributed by atoms with Crippen molar-refractivity contribution in [2.75, 3.05) is 33.3 Å². The lowest BCUT2D eigenvalue weighted by Crippen LogP contribution is -2.43. The Hall–Kier alpha value is -0.120. The second-order valence-electron chi connectivity index (χ2n) is 5.82. The molecule has 3 heteroatoms. The molecule has 0 aromatic carbocycles. The van der Waals surface area contributed by atoms with Gasteiger partial charge in [0.05, 0.1) is 6.61 Å². The van der Waals surface area contributed by atoms with E-state index >= 15 is 0 Å². The van der Waals surface area contributed by atoms with Crippen molar-refractivity contribution in [2.24, 2.45) is 5.92 Å². The zero-order valence-corrected chi connectivity index (χ0v) is 11.8. The molecule has 3 nitrogen and oxygen atoms in total. The molecular weight excluding hydrogens is 212 g/mol. The van der Waals surface area contributed by atoms with Crippen LogP contribution in [0.5, 0.6) is 0 Å². The number of nitrogens with one attached hydrogen (secondary N) is 1. The molecule has 1 aliphatic heterocycles. The number of aliphatic hydroxyl groups excluding tert-OH is 1. The van der Waals surface area contributed by atoms with Crippen molar-refractivity contribution < 1.29 is 5.11 Å². The highest BCUT2D eigenvalue weighted by molar-refractivity contribution is 4.82. The highest BCUT2D eigenvalue weighted by Crippen LogP contribution is 2.21. The molecule has 1 rings (SSSR count). The molecule has 0 aromatic rings. The van der Waals surface area contributed by atoms with Crippen molar-refractivity contribution in [3.05, 3.63) is 0 Å². The quantitative estimate of drug-likeness (QED) is 0.682. The van der Waals surface area contributed by atoms with E-state index in [0.29, 0.717) is 0 Å². The molecule has 2 atom stereocenters. The van der Waals surface area contributed by atoms with Gasteiger partial charge in [-0.05, 0) is 58.7 Å². The second-order valence-corrected chi connectivity index (χ2v) is 5.82. The summed E-state index contributed by atoms with van der Waals surface area (Å²) in [6, 6.07) is 0. The summed E-state index contributed by atoms with van der Waals surface area (Å²) in [5, 5.41) is 12.5. The Morgan fingerprint density at radius 3 is 2.82 bits per heavy atom. The molecule has 0 radical (unpaired) electrons. The highest BCUT2D eigenvalue weighted by Gasteiger charge is 2.23. The number of nitrogens with zero attached hydrogens (tertiary/aromatic N) is 1. The summed E-state index contributed by atoms with van der Waals surface area (Å²) in [5.41, 5.74) is -0.0947. The van der Waals surface area contributed by atoms with Crippen molar-refractivity contribution in [1.82, 2.24) is 10.2 Å². The van der Waals surface area contributed by atoms with Crippen molar-refractivity contribution in [3.8, 4) is 0 Å². The Bertz CT molecular complexity index is 204. The van der Waals surface area contributed by atoms with Gasteiger partial charge in [0.15, 0.2) is 0 Å². The third kappa shape index (κ3) is 4.94. The Kier molecular flexibility index (Phi) is 6.45. The van der Waals surface area contributed by atoms with E-state index in [1.54, 1.807) is 0 Å². The van der Waals surface area contributed by atoms with Crippen LogP contribution in [0.15, 0.2) is 0 Å². The van der Waals surface area contributed by atoms with Crippen LogP contribution in [0.2, 0.25) is 0 Å². The van der Waals surface area contributed by atoms with Crippen LogP contribution in [-0.4, -0.2) is 48.8 Å². The second kappa shape index (κ2) is 7.34. The summed E-state index contributed by atoms with van der Waals surface area (Å²) in [6.07, 6.45) is 6.32. The van der Waals surface area contributed by atoms with E-state index < -0.39 is 0 Å². The van der Waals surface area contributed by atoms with Gasteiger partial charge < -0.3 is 15.3 Å². The smallest absolute Gasteiger partial charge is 0.0610 e. The van der Waals surface area contributed by atoms with Crippen LogP contribution in [0.3, 0.4) is 0 Å². The van der Waals surface area contributed by atoms with Crippen molar-refractivity contribution in [2.45, 2.75) is 51.5 Å². The fourth-order valence-electron chi connectivity index (χ4n) is 2.74. The minimum Gasteiger partial charge on any atom is -0.394 e. The number of hydrogen-bond acceptors (Lipinski definition) is 3. The molecule has 0 amide bonds. The van der Waals surface area contributed by atoms with Crippen molar-refractivity contribution in [3.63, 3.8) is 0 Å². The topological polar surface area (TPSA) is 35.5 Å². The predicted molar refractivity (Wildman–Crippen MR) is 73.2 cm³/mol. The van der Waals surface area contributed by atoms with Crippen LogP contribution < -0.4 is 5.32 Å². The number of hydrogen-bond donors (Lipinski definition) is 2. The fraction of sp³-hybridized carbons (Fsp3) is 1.00. The molecule has 2 unspecified atom stereocenters. The average molecular weight is 242 g/mol. The molecule has 17 heavy (non-hydrogen) atoms. The summed E-state index contributed by atoms with van der Waals surface area (Å²) >= 11 is 0. The molecule has 2 N–H and O–H groups in total. The maximum absolute atomic E-state index is 9.31. The van der Waals surface area contributed by atoms with Gasteiger partial charge in [0.2, 0.25) is 0 Å². The van der Waals surface area contributed by atoms with Gasteiger partial charge in [0, 0.05) is 12.1 Å². The molecule has 0 aliphatic carbocycles. The Balaban J connectivity index is 2.15. The first-order chi connectivity index (χ1) is 8.13. The van der Waals surface area contributed by atoms with Gasteiger partial charge in [-0.3, -0.25) is 0 Å². The highest BCUT2D eigenvalue weighted by atomic mass is 16.3. The molecule has 0 saturated carbocycles. The van der Waals surface area contributed by atoms with Crippen LogP contribution in [0.1, 0.15) is 46.0 Å². The fourth-order valence-corrected chi connectivity index (χ4v) is 2.74. The van der Waals surface area contributed by atoms with E-state index in [1.807, 2.05) is 7.05 Å². The molecule has 102 valence electrons. The third-order valence-corrected chi connectivity index (χ3v) is 4.22. The summed E-state index contributed by atoms with van der Waals surface area (Å²) in [6.45, 7) is 8.36. The minimum atomic E-state index is -0.0947. The van der Waals surface area contributed by atoms with Crippen molar-refractivity contribution >= 4 is 0 Å². The molecule has 0 spiro atoms. The zero-order chi connectivity index (χ0) is 12.7. The Morgan fingerprint density at radius 2 is 2.24 bits per heavy atom. The molecule has 1 aliphatic rings. The van der Waals surface area contributed by atoms with Crippen molar-refractivity contribution in [1.29, 1.82) is 0 Å². The van der Waals surface area contributed by atoms with E-state index in [9.17, 15) is 5.11 Å². The summed E-state index contributed by atoms with van der Waals surface area (Å²) in [7, 11) is 1.93. The zero-order valence-electron chi connectivity index (χ0n) is 11.8. The number of aliphatic hydroxyl groups is 1. The van der Waals surface area contributed by atoms with E-state index in [2.05, 4.69) is 24.1 Å². The Labute approximate surface area is 107 Å². The Morgan fingerprint density at radius 1 is 1.47 bits per heavy atom. The molecule has 1 fully saturated rings. The van der Waals surface area contributed by atoms with E-state index in [0.717, 1.165) is 12.3 Å². The first kappa shape index (κ1) is 14.9. The molecule has 1 saturated heterocycles. The maximum atomic E-state index is 9.31. The van der Waals surface area contributed by atoms with E-state index in [-0.39, 0.29) is 12.1 Å². The van der Waals surface area contributed by atoms with E-state index in [1.165, 1.54) is 45.3 Å². The van der Waals surface area contributed by atoms with Gasteiger partial charge in [0.25, 0.3) is 0 Å². The molecule has 0 aromatic heterocycles. The summed E-state index contributed by atoms with van der Waals surface area (Å²) in [4.78, 5) is 2.59. The number of likely N-dealkylation sites (tertiary alicyclic amines) is 1. The summed E-state index contributed by atoms with van der Waals surface area (Å²) < 4.78 is 0. The van der Waals surface area contributed by atoms with Gasteiger partial charge >= 0.3 is 0 Å². The normalized spacial score (nSPS) is 25.1. The minimum absolute atomic E-state index is 0.0947. The maximum Gasteiger partial charge on any atom is 0.0610 e. The van der Waals surface area contributed by atoms with Crippen LogP contribution in [0.4, 0.5) is 0 Å². The lowest BCUT2D eigenvalue weighted by Gasteiger charge is -2.27. The van der Waals surface area contributed by atoms with Crippen LogP contribution >= 0.6 is 0 Å². The standard InChI is InChI=1S/C14H30N2O/c1-4-6-13-7-10-16(11-13)9-5-8-14(2,12-17)15-3/h13,15,17H,4-12H2,1-3H3. The first-order valence-electron chi connectivity index (χ1n) is 7.15. The largest absolute Gasteiger partial charge is 0.394 e. The lowest BCUT2D eigenvalue weighted by atomic mass is 9.97. The van der Waals surface area contributed by atoms with Crippen LogP contribution in [0, 0.1) is 5.92 Å². The predicted octanol–water partition coefficient (Wildman–Crippen LogP) is 1.86. The third-order valence-electron chi connectivity index (χ3n) is 4.22. The van der Waals surface area contributed by atoms with Crippen LogP contribution in [0.25, 0.3) is 0 Å². The SMILES string of the molecule is CCCC1CCN(CCCC(C)(CO)NC)C1. The van der Waals surface area contributed by atoms with Gasteiger partial charge in [0.1, 0.15) is 0 Å². The van der Waals surface area contributed by atoms with Gasteiger partial charge in [-0.2, -0.15) is 0 Å². The van der Waals surface area contributed by atoms with E-state index in [4.69, 9.17) is 0 Å². The molecular formula is C14H30N2O. The van der Waals surface area contributed by atoms with Crippen LogP contribution in [-0.2, 0) is 0 Å². The number of rotatable bonds is 8. The van der Waals surface area contributed by atoms with Gasteiger partial charge in [-0.25, -0.2) is 0 Å². The lowest BCUT2D eigenvalue weighted by molar-refractivity contribution is 0.166. The first-order valence-corrected chi connectivity index (χ1v) is 7.15. The number of likely N-dealkylation sites (N-methyl/N-ethyl adjacent to an activating group) is 1. The van der Waals surface area contributed by atoms with Gasteiger partial charge in [-0.15, -0.1) is 0 Å². The van der Waals surface area contributed by atoms with Gasteiger partial charge in [-0.1, -0.05) is 13.3 Å². The monoisotopic (exact) mass is 242 g/mol. The molecule has 1 heterocycles. The molecule has 0 bridgehead atoms. The average Bonchev–Trinajstić information content (AvgIpc) is 2.77.